The minimum absolute atomic E-state index is 0.645. The van der Waals surface area contributed by atoms with Gasteiger partial charge in [-0.1, -0.05) is 13.3 Å². The van der Waals surface area contributed by atoms with Gasteiger partial charge in [-0.25, -0.2) is 9.67 Å². The van der Waals surface area contributed by atoms with Gasteiger partial charge in [-0.2, -0.15) is 5.10 Å². The third-order valence-corrected chi connectivity index (χ3v) is 3.34. The van der Waals surface area contributed by atoms with Gasteiger partial charge in [0.05, 0.1) is 6.54 Å². The Morgan fingerprint density at radius 3 is 3.12 bits per heavy atom. The molecule has 1 aromatic heterocycles. The lowest BCUT2D eigenvalue weighted by atomic mass is 10.1. The smallest absolute Gasteiger partial charge is 0.140 e. The van der Waals surface area contributed by atoms with Crippen LogP contribution < -0.4 is 5.32 Å². The molecular formula is C12H23N5. The maximum Gasteiger partial charge on any atom is 0.140 e. The molecule has 1 N–H and O–H groups in total. The van der Waals surface area contributed by atoms with Gasteiger partial charge in [-0.3, -0.25) is 4.90 Å². The number of piperazine rings is 1. The summed E-state index contributed by atoms with van der Waals surface area (Å²) in [4.78, 5) is 6.82. The number of aromatic nitrogens is 3. The van der Waals surface area contributed by atoms with E-state index in [9.17, 15) is 0 Å². The number of nitrogens with zero attached hydrogens (tertiary/aromatic N) is 4. The highest BCUT2D eigenvalue weighted by Crippen LogP contribution is 2.08. The predicted molar refractivity (Wildman–Crippen MR) is 67.7 cm³/mol. The third-order valence-electron chi connectivity index (χ3n) is 3.34. The molecule has 17 heavy (non-hydrogen) atoms. The number of aryl methyl sites for hydroxylation is 1. The lowest BCUT2D eigenvalue weighted by Crippen LogP contribution is -2.50. The summed E-state index contributed by atoms with van der Waals surface area (Å²) in [5.74, 6) is 1.09. The van der Waals surface area contributed by atoms with Crippen LogP contribution in [0.15, 0.2) is 6.33 Å². The summed E-state index contributed by atoms with van der Waals surface area (Å²) in [6.45, 7) is 9.51. The molecular weight excluding hydrogens is 214 g/mol. The van der Waals surface area contributed by atoms with Crippen LogP contribution in [-0.2, 0) is 13.1 Å². The van der Waals surface area contributed by atoms with Crippen molar-refractivity contribution in [3.8, 4) is 0 Å². The standard InChI is InChI=1S/C12H23N5/c1-3-5-11-8-16(7-6-13-11)9-12-14-10-15-17(12)4-2/h10-11,13H,3-9H2,1-2H3. The van der Waals surface area contributed by atoms with E-state index in [1.54, 1.807) is 6.33 Å². The van der Waals surface area contributed by atoms with Crippen LogP contribution in [0.1, 0.15) is 32.5 Å². The summed E-state index contributed by atoms with van der Waals surface area (Å²) in [6.07, 6.45) is 4.16. The fraction of sp³-hybridized carbons (Fsp3) is 0.833. The van der Waals surface area contributed by atoms with E-state index in [1.807, 2.05) is 4.68 Å². The number of nitrogens with one attached hydrogen (secondary N) is 1. The van der Waals surface area contributed by atoms with Crippen molar-refractivity contribution >= 4 is 0 Å². The van der Waals surface area contributed by atoms with Gasteiger partial charge in [-0.15, -0.1) is 0 Å². The number of hydrogen-bond donors (Lipinski definition) is 1. The van der Waals surface area contributed by atoms with Crippen molar-refractivity contribution < 1.29 is 0 Å². The molecule has 1 aliphatic heterocycles. The van der Waals surface area contributed by atoms with Gasteiger partial charge in [0, 0.05) is 32.2 Å². The van der Waals surface area contributed by atoms with Gasteiger partial charge in [0.25, 0.3) is 0 Å². The highest BCUT2D eigenvalue weighted by Gasteiger charge is 2.19. The molecule has 5 nitrogen and oxygen atoms in total. The molecule has 0 radical (unpaired) electrons. The minimum Gasteiger partial charge on any atom is -0.311 e. The van der Waals surface area contributed by atoms with E-state index < -0.39 is 0 Å². The predicted octanol–water partition coefficient (Wildman–Crippen LogP) is 0.872. The highest BCUT2D eigenvalue weighted by molar-refractivity contribution is 4.87. The second kappa shape index (κ2) is 6.12. The maximum atomic E-state index is 4.34. The fourth-order valence-electron chi connectivity index (χ4n) is 2.45. The summed E-state index contributed by atoms with van der Waals surface area (Å²) in [6, 6.07) is 0.645. The molecule has 0 spiro atoms. The summed E-state index contributed by atoms with van der Waals surface area (Å²) < 4.78 is 1.98. The van der Waals surface area contributed by atoms with E-state index >= 15 is 0 Å². The van der Waals surface area contributed by atoms with Crippen LogP contribution in [0.25, 0.3) is 0 Å². The Balaban J connectivity index is 1.90. The molecule has 2 rings (SSSR count). The Hall–Kier alpha value is -0.940. The zero-order valence-corrected chi connectivity index (χ0v) is 10.9. The molecule has 1 atom stereocenters. The first-order chi connectivity index (χ1) is 8.33. The van der Waals surface area contributed by atoms with E-state index in [2.05, 4.69) is 34.1 Å². The minimum atomic E-state index is 0.645. The Morgan fingerprint density at radius 2 is 2.35 bits per heavy atom. The second-order valence-electron chi connectivity index (χ2n) is 4.67. The van der Waals surface area contributed by atoms with Crippen LogP contribution in [0.4, 0.5) is 0 Å². The van der Waals surface area contributed by atoms with Gasteiger partial charge in [-0.05, 0) is 13.3 Å². The number of hydrogen-bond acceptors (Lipinski definition) is 4. The molecule has 1 unspecified atom stereocenters. The molecule has 1 saturated heterocycles. The topological polar surface area (TPSA) is 46.0 Å². The molecule has 2 heterocycles. The normalized spacial score (nSPS) is 21.9. The van der Waals surface area contributed by atoms with E-state index in [1.165, 1.54) is 12.8 Å². The summed E-state index contributed by atoms with van der Waals surface area (Å²) in [5.41, 5.74) is 0. The zero-order chi connectivity index (χ0) is 12.1. The van der Waals surface area contributed by atoms with Crippen molar-refractivity contribution in [2.75, 3.05) is 19.6 Å². The van der Waals surface area contributed by atoms with Gasteiger partial charge in [0.1, 0.15) is 12.2 Å². The maximum absolute atomic E-state index is 4.34. The van der Waals surface area contributed by atoms with Crippen molar-refractivity contribution in [2.24, 2.45) is 0 Å². The summed E-state index contributed by atoms with van der Waals surface area (Å²) in [5, 5.41) is 7.79. The molecule has 1 fully saturated rings. The monoisotopic (exact) mass is 237 g/mol. The average Bonchev–Trinajstić information content (AvgIpc) is 2.77. The lowest BCUT2D eigenvalue weighted by molar-refractivity contribution is 0.180. The molecule has 0 bridgehead atoms. The van der Waals surface area contributed by atoms with Crippen molar-refractivity contribution in [3.63, 3.8) is 0 Å². The van der Waals surface area contributed by atoms with Gasteiger partial charge >= 0.3 is 0 Å². The quantitative estimate of drug-likeness (QED) is 0.825. The molecule has 0 aromatic carbocycles. The van der Waals surface area contributed by atoms with Crippen LogP contribution >= 0.6 is 0 Å². The van der Waals surface area contributed by atoms with Crippen molar-refractivity contribution in [1.29, 1.82) is 0 Å². The van der Waals surface area contributed by atoms with Crippen LogP contribution in [0.5, 0.6) is 0 Å². The van der Waals surface area contributed by atoms with Gasteiger partial charge in [0.15, 0.2) is 0 Å². The SMILES string of the molecule is CCCC1CN(Cc2ncnn2CC)CCN1. The summed E-state index contributed by atoms with van der Waals surface area (Å²) >= 11 is 0. The average molecular weight is 237 g/mol. The largest absolute Gasteiger partial charge is 0.311 e. The molecule has 0 amide bonds. The highest BCUT2D eigenvalue weighted by atomic mass is 15.3. The van der Waals surface area contributed by atoms with E-state index in [0.29, 0.717) is 6.04 Å². The fourth-order valence-corrected chi connectivity index (χ4v) is 2.45. The molecule has 96 valence electrons. The van der Waals surface area contributed by atoms with Crippen LogP contribution in [0.3, 0.4) is 0 Å². The van der Waals surface area contributed by atoms with Crippen LogP contribution in [0.2, 0.25) is 0 Å². The Labute approximate surface area is 103 Å². The Bertz CT molecular complexity index is 333. The van der Waals surface area contributed by atoms with Crippen molar-refractivity contribution in [3.05, 3.63) is 12.2 Å². The van der Waals surface area contributed by atoms with Crippen LogP contribution in [-0.4, -0.2) is 45.3 Å². The second-order valence-corrected chi connectivity index (χ2v) is 4.67. The molecule has 0 aliphatic carbocycles. The first kappa shape index (κ1) is 12.5. The van der Waals surface area contributed by atoms with E-state index in [-0.39, 0.29) is 0 Å². The first-order valence-corrected chi connectivity index (χ1v) is 6.66. The Morgan fingerprint density at radius 1 is 1.47 bits per heavy atom. The zero-order valence-electron chi connectivity index (χ0n) is 10.9. The van der Waals surface area contributed by atoms with E-state index in [0.717, 1.165) is 38.5 Å². The van der Waals surface area contributed by atoms with Crippen molar-refractivity contribution in [2.45, 2.75) is 45.8 Å². The third kappa shape index (κ3) is 3.26. The lowest BCUT2D eigenvalue weighted by Gasteiger charge is -2.33. The molecule has 1 aromatic rings. The molecule has 1 aliphatic rings. The molecule has 0 saturated carbocycles. The molecule has 5 heteroatoms. The van der Waals surface area contributed by atoms with Crippen LogP contribution in [0, 0.1) is 0 Å². The van der Waals surface area contributed by atoms with Gasteiger partial charge in [0.2, 0.25) is 0 Å². The number of rotatable bonds is 5. The van der Waals surface area contributed by atoms with Crippen molar-refractivity contribution in [1.82, 2.24) is 25.0 Å². The summed E-state index contributed by atoms with van der Waals surface area (Å²) in [7, 11) is 0. The first-order valence-electron chi connectivity index (χ1n) is 6.66. The van der Waals surface area contributed by atoms with Gasteiger partial charge < -0.3 is 5.32 Å². The van der Waals surface area contributed by atoms with E-state index in [4.69, 9.17) is 0 Å². The Kier molecular flexibility index (Phi) is 4.50.